The molecule has 3 rings (SSSR count). The van der Waals surface area contributed by atoms with E-state index in [4.69, 9.17) is 4.74 Å². The van der Waals surface area contributed by atoms with Crippen molar-refractivity contribution in [3.63, 3.8) is 0 Å². The number of rotatable bonds is 3. The van der Waals surface area contributed by atoms with Gasteiger partial charge in [0.1, 0.15) is 5.75 Å². The van der Waals surface area contributed by atoms with Gasteiger partial charge in [-0.25, -0.2) is 0 Å². The normalized spacial score (nSPS) is 21.8. The van der Waals surface area contributed by atoms with Crippen LogP contribution in [0.4, 0.5) is 5.69 Å². The molecule has 2 fully saturated rings. The van der Waals surface area contributed by atoms with Crippen molar-refractivity contribution in [2.24, 2.45) is 0 Å². The third kappa shape index (κ3) is 2.71. The van der Waals surface area contributed by atoms with Crippen molar-refractivity contribution in [2.45, 2.75) is 38.1 Å². The lowest BCUT2D eigenvalue weighted by atomic mass is 9.94. The van der Waals surface area contributed by atoms with Crippen molar-refractivity contribution in [3.8, 4) is 5.75 Å². The van der Waals surface area contributed by atoms with Crippen LogP contribution in [0.25, 0.3) is 0 Å². The molecule has 19 heavy (non-hydrogen) atoms. The Morgan fingerprint density at radius 3 is 2.95 bits per heavy atom. The Morgan fingerprint density at radius 1 is 1.32 bits per heavy atom. The zero-order valence-corrected chi connectivity index (χ0v) is 11.8. The molecule has 3 nitrogen and oxygen atoms in total. The van der Waals surface area contributed by atoms with Crippen LogP contribution in [-0.2, 0) is 0 Å². The fourth-order valence-electron chi connectivity index (χ4n) is 3.50. The lowest BCUT2D eigenvalue weighted by Crippen LogP contribution is -2.59. The Hall–Kier alpha value is -1.22. The van der Waals surface area contributed by atoms with Gasteiger partial charge in [-0.1, -0.05) is 18.9 Å². The predicted octanol–water partition coefficient (Wildman–Crippen LogP) is 2.81. The summed E-state index contributed by atoms with van der Waals surface area (Å²) in [5, 5.41) is 3.76. The first-order chi connectivity index (χ1) is 9.31. The molecule has 0 amide bonds. The maximum Gasteiger partial charge on any atom is 0.121 e. The highest BCUT2D eigenvalue weighted by Crippen LogP contribution is 2.34. The SMILES string of the molecule is CCOc1cccc(N2CCNC3(CCCC3)C2)c1. The zero-order valence-electron chi connectivity index (χ0n) is 11.8. The van der Waals surface area contributed by atoms with Gasteiger partial charge in [-0.05, 0) is 31.9 Å². The van der Waals surface area contributed by atoms with Crippen LogP contribution in [0.2, 0.25) is 0 Å². The first kappa shape index (κ1) is 12.8. The summed E-state index contributed by atoms with van der Waals surface area (Å²) in [7, 11) is 0. The molecule has 1 aromatic carbocycles. The van der Waals surface area contributed by atoms with Gasteiger partial charge in [0, 0.05) is 36.9 Å². The van der Waals surface area contributed by atoms with Gasteiger partial charge >= 0.3 is 0 Å². The van der Waals surface area contributed by atoms with Crippen LogP contribution >= 0.6 is 0 Å². The molecule has 1 heterocycles. The molecule has 1 N–H and O–H groups in total. The van der Waals surface area contributed by atoms with E-state index in [1.165, 1.54) is 31.4 Å². The molecule has 0 unspecified atom stereocenters. The number of anilines is 1. The molecule has 1 saturated heterocycles. The van der Waals surface area contributed by atoms with Crippen molar-refractivity contribution >= 4 is 5.69 Å². The number of piperazine rings is 1. The van der Waals surface area contributed by atoms with Gasteiger partial charge < -0.3 is 15.0 Å². The average Bonchev–Trinajstić information content (AvgIpc) is 2.87. The van der Waals surface area contributed by atoms with E-state index in [9.17, 15) is 0 Å². The Balaban J connectivity index is 1.75. The van der Waals surface area contributed by atoms with Crippen LogP contribution in [0.5, 0.6) is 5.75 Å². The van der Waals surface area contributed by atoms with Gasteiger partial charge in [-0.15, -0.1) is 0 Å². The predicted molar refractivity (Wildman–Crippen MR) is 79.0 cm³/mol. The molecule has 1 aliphatic carbocycles. The van der Waals surface area contributed by atoms with Gasteiger partial charge in [0.2, 0.25) is 0 Å². The van der Waals surface area contributed by atoms with E-state index in [1.807, 2.05) is 13.0 Å². The second kappa shape index (κ2) is 5.41. The van der Waals surface area contributed by atoms with Gasteiger partial charge in [0.05, 0.1) is 6.61 Å². The molecule has 3 heteroatoms. The van der Waals surface area contributed by atoms with Gasteiger partial charge in [0.25, 0.3) is 0 Å². The molecule has 0 aromatic heterocycles. The van der Waals surface area contributed by atoms with Crippen molar-refractivity contribution in [3.05, 3.63) is 24.3 Å². The number of benzene rings is 1. The topological polar surface area (TPSA) is 24.5 Å². The number of hydrogen-bond donors (Lipinski definition) is 1. The Bertz CT molecular complexity index is 427. The van der Waals surface area contributed by atoms with Crippen LogP contribution in [0.1, 0.15) is 32.6 Å². The molecule has 0 bridgehead atoms. The third-order valence-electron chi connectivity index (χ3n) is 4.43. The summed E-state index contributed by atoms with van der Waals surface area (Å²) in [4.78, 5) is 2.52. The summed E-state index contributed by atoms with van der Waals surface area (Å²) in [6.07, 6.45) is 5.41. The minimum Gasteiger partial charge on any atom is -0.494 e. The molecular formula is C16H24N2O. The molecule has 0 atom stereocenters. The van der Waals surface area contributed by atoms with E-state index in [0.717, 1.165) is 32.0 Å². The summed E-state index contributed by atoms with van der Waals surface area (Å²) in [5.41, 5.74) is 1.68. The number of nitrogens with one attached hydrogen (secondary N) is 1. The lowest BCUT2D eigenvalue weighted by Gasteiger charge is -2.42. The fraction of sp³-hybridized carbons (Fsp3) is 0.625. The van der Waals surface area contributed by atoms with Crippen molar-refractivity contribution < 1.29 is 4.74 Å². The first-order valence-electron chi connectivity index (χ1n) is 7.54. The quantitative estimate of drug-likeness (QED) is 0.904. The highest BCUT2D eigenvalue weighted by Gasteiger charge is 2.37. The molecule has 0 radical (unpaired) electrons. The summed E-state index contributed by atoms with van der Waals surface area (Å²) in [5.74, 6) is 0.985. The molecule has 1 aliphatic heterocycles. The summed E-state index contributed by atoms with van der Waals surface area (Å²) >= 11 is 0. The van der Waals surface area contributed by atoms with Gasteiger partial charge in [-0.2, -0.15) is 0 Å². The Morgan fingerprint density at radius 2 is 2.16 bits per heavy atom. The smallest absolute Gasteiger partial charge is 0.121 e. The molecule has 104 valence electrons. The van der Waals surface area contributed by atoms with E-state index in [-0.39, 0.29) is 0 Å². The molecule has 1 aromatic rings. The van der Waals surface area contributed by atoms with E-state index >= 15 is 0 Å². The molecule has 2 aliphatic rings. The van der Waals surface area contributed by atoms with Crippen LogP contribution < -0.4 is 15.0 Å². The Labute approximate surface area is 115 Å². The standard InChI is InChI=1S/C16H24N2O/c1-2-19-15-7-5-6-14(12-15)18-11-10-17-16(13-18)8-3-4-9-16/h5-7,12,17H,2-4,8-11,13H2,1H3. The number of nitrogens with zero attached hydrogens (tertiary/aromatic N) is 1. The van der Waals surface area contributed by atoms with E-state index < -0.39 is 0 Å². The van der Waals surface area contributed by atoms with Crippen molar-refractivity contribution in [1.82, 2.24) is 5.32 Å². The lowest BCUT2D eigenvalue weighted by molar-refractivity contribution is 0.303. The minimum absolute atomic E-state index is 0.375. The molecule has 1 spiro atoms. The van der Waals surface area contributed by atoms with Gasteiger partial charge in [-0.3, -0.25) is 0 Å². The summed E-state index contributed by atoms with van der Waals surface area (Å²) in [6.45, 7) is 6.10. The van der Waals surface area contributed by atoms with Crippen LogP contribution in [0, 0.1) is 0 Å². The number of ether oxygens (including phenoxy) is 1. The van der Waals surface area contributed by atoms with Crippen LogP contribution in [0.15, 0.2) is 24.3 Å². The van der Waals surface area contributed by atoms with Crippen molar-refractivity contribution in [1.29, 1.82) is 0 Å². The fourth-order valence-corrected chi connectivity index (χ4v) is 3.50. The van der Waals surface area contributed by atoms with Crippen LogP contribution in [0.3, 0.4) is 0 Å². The second-order valence-corrected chi connectivity index (χ2v) is 5.77. The number of hydrogen-bond acceptors (Lipinski definition) is 3. The minimum atomic E-state index is 0.375. The largest absolute Gasteiger partial charge is 0.494 e. The average molecular weight is 260 g/mol. The second-order valence-electron chi connectivity index (χ2n) is 5.77. The van der Waals surface area contributed by atoms with E-state index in [2.05, 4.69) is 28.4 Å². The summed E-state index contributed by atoms with van der Waals surface area (Å²) < 4.78 is 5.61. The monoisotopic (exact) mass is 260 g/mol. The highest BCUT2D eigenvalue weighted by molar-refractivity contribution is 5.51. The van der Waals surface area contributed by atoms with E-state index in [1.54, 1.807) is 0 Å². The van der Waals surface area contributed by atoms with E-state index in [0.29, 0.717) is 5.54 Å². The van der Waals surface area contributed by atoms with Crippen molar-refractivity contribution in [2.75, 3.05) is 31.1 Å². The van der Waals surface area contributed by atoms with Gasteiger partial charge in [0.15, 0.2) is 0 Å². The summed E-state index contributed by atoms with van der Waals surface area (Å²) in [6, 6.07) is 8.53. The maximum atomic E-state index is 5.61. The molecule has 1 saturated carbocycles. The third-order valence-corrected chi connectivity index (χ3v) is 4.43. The first-order valence-corrected chi connectivity index (χ1v) is 7.54. The zero-order chi connectivity index (χ0) is 13.1. The maximum absolute atomic E-state index is 5.61. The molecular weight excluding hydrogens is 236 g/mol. The Kier molecular flexibility index (Phi) is 3.65. The highest BCUT2D eigenvalue weighted by atomic mass is 16.5. The van der Waals surface area contributed by atoms with Crippen LogP contribution in [-0.4, -0.2) is 31.8 Å².